The molecule has 0 radical (unpaired) electrons. The topological polar surface area (TPSA) is 63.2 Å². The third kappa shape index (κ3) is 3.81. The van der Waals surface area contributed by atoms with Crippen molar-refractivity contribution < 1.29 is 13.2 Å². The summed E-state index contributed by atoms with van der Waals surface area (Å²) in [5.41, 5.74) is 0.416. The van der Waals surface area contributed by atoms with Crippen LogP contribution in [0.1, 0.15) is 17.3 Å². The van der Waals surface area contributed by atoms with Crippen molar-refractivity contribution in [1.82, 2.24) is 4.72 Å². The van der Waals surface area contributed by atoms with Crippen LogP contribution in [-0.2, 0) is 10.0 Å². The summed E-state index contributed by atoms with van der Waals surface area (Å²) < 4.78 is 24.8. The molecule has 5 heteroatoms. The quantitative estimate of drug-likeness (QED) is 0.757. The molecule has 0 saturated carbocycles. The van der Waals surface area contributed by atoms with Crippen LogP contribution in [0, 0.1) is 0 Å². The summed E-state index contributed by atoms with van der Waals surface area (Å²) in [7, 11) is -3.48. The summed E-state index contributed by atoms with van der Waals surface area (Å²) in [5, 5.41) is 0. The highest BCUT2D eigenvalue weighted by Crippen LogP contribution is 2.01. The molecule has 0 unspecified atom stereocenters. The van der Waals surface area contributed by atoms with Crippen LogP contribution in [0.15, 0.2) is 30.3 Å². The second-order valence-electron chi connectivity index (χ2n) is 3.05. The molecule has 1 aromatic rings. The molecule has 0 atom stereocenters. The Morgan fingerprint density at radius 2 is 1.87 bits per heavy atom. The van der Waals surface area contributed by atoms with E-state index in [0.717, 1.165) is 0 Å². The number of hydrogen-bond donors (Lipinski definition) is 1. The molecule has 0 aliphatic heterocycles. The number of hydrogen-bond acceptors (Lipinski definition) is 3. The van der Waals surface area contributed by atoms with Crippen LogP contribution in [0.4, 0.5) is 0 Å². The number of carbonyl (C=O) groups is 1. The van der Waals surface area contributed by atoms with Crippen molar-refractivity contribution in [3.05, 3.63) is 35.9 Å². The Kier molecular flexibility index (Phi) is 3.99. The molecule has 0 spiro atoms. The third-order valence-corrected chi connectivity index (χ3v) is 3.15. The molecular formula is C10H13NO3S. The minimum Gasteiger partial charge on any atom is -0.293 e. The second kappa shape index (κ2) is 5.04. The number of Topliss-reactive ketones (excluding diaryl/α,β-unsaturated/α-hetero) is 1. The zero-order chi connectivity index (χ0) is 11.3. The van der Waals surface area contributed by atoms with E-state index in [1.807, 2.05) is 0 Å². The number of nitrogens with one attached hydrogen (secondary N) is 1. The van der Waals surface area contributed by atoms with Crippen molar-refractivity contribution in [1.29, 1.82) is 0 Å². The maximum Gasteiger partial charge on any atom is 0.219 e. The zero-order valence-corrected chi connectivity index (χ0v) is 9.25. The van der Waals surface area contributed by atoms with Gasteiger partial charge in [-0.15, -0.1) is 0 Å². The molecule has 1 aromatic carbocycles. The van der Waals surface area contributed by atoms with E-state index in [9.17, 15) is 13.2 Å². The molecule has 1 N–H and O–H groups in total. The summed E-state index contributed by atoms with van der Waals surface area (Å²) in [6, 6.07) is 8.38. The van der Waals surface area contributed by atoms with Gasteiger partial charge in [0.1, 0.15) is 5.75 Å². The highest BCUT2D eigenvalue weighted by Gasteiger charge is 2.16. The smallest absolute Gasteiger partial charge is 0.219 e. The number of carbonyl (C=O) groups excluding carboxylic acids is 1. The molecule has 4 nitrogen and oxygen atoms in total. The van der Waals surface area contributed by atoms with Gasteiger partial charge in [-0.05, 0) is 0 Å². The fourth-order valence-electron chi connectivity index (χ4n) is 1.15. The highest BCUT2D eigenvalue weighted by atomic mass is 32.2. The van der Waals surface area contributed by atoms with Crippen LogP contribution in [0.2, 0.25) is 0 Å². The third-order valence-electron chi connectivity index (χ3n) is 1.78. The maximum atomic E-state index is 11.5. The van der Waals surface area contributed by atoms with Crippen LogP contribution in [0.5, 0.6) is 0 Å². The van der Waals surface area contributed by atoms with Crippen LogP contribution >= 0.6 is 0 Å². The first-order valence-electron chi connectivity index (χ1n) is 4.61. The Balaban J connectivity index is 2.73. The first kappa shape index (κ1) is 11.9. The van der Waals surface area contributed by atoms with E-state index in [0.29, 0.717) is 12.1 Å². The minimum absolute atomic E-state index is 0.296. The van der Waals surface area contributed by atoms with Crippen molar-refractivity contribution in [2.75, 3.05) is 12.3 Å². The van der Waals surface area contributed by atoms with Gasteiger partial charge in [-0.2, -0.15) is 0 Å². The van der Waals surface area contributed by atoms with E-state index in [1.165, 1.54) is 0 Å². The molecule has 1 rings (SSSR count). The van der Waals surface area contributed by atoms with Gasteiger partial charge in [0.25, 0.3) is 0 Å². The minimum atomic E-state index is -3.48. The summed E-state index contributed by atoms with van der Waals surface area (Å²) >= 11 is 0. The van der Waals surface area contributed by atoms with Crippen LogP contribution in [0.25, 0.3) is 0 Å². The van der Waals surface area contributed by atoms with Gasteiger partial charge < -0.3 is 0 Å². The molecule has 0 fully saturated rings. The van der Waals surface area contributed by atoms with Gasteiger partial charge >= 0.3 is 0 Å². The van der Waals surface area contributed by atoms with Gasteiger partial charge in [0.2, 0.25) is 10.0 Å². The van der Waals surface area contributed by atoms with E-state index in [4.69, 9.17) is 0 Å². The van der Waals surface area contributed by atoms with Gasteiger partial charge in [-0.1, -0.05) is 37.3 Å². The van der Waals surface area contributed by atoms with Crippen molar-refractivity contribution in [3.63, 3.8) is 0 Å². The Morgan fingerprint density at radius 1 is 1.27 bits per heavy atom. The predicted molar refractivity (Wildman–Crippen MR) is 58.2 cm³/mol. The van der Waals surface area contributed by atoms with Crippen molar-refractivity contribution >= 4 is 15.8 Å². The van der Waals surface area contributed by atoms with Crippen LogP contribution in [0.3, 0.4) is 0 Å². The van der Waals surface area contributed by atoms with Gasteiger partial charge in [-0.3, -0.25) is 4.79 Å². The van der Waals surface area contributed by atoms with Gasteiger partial charge in [-0.25, -0.2) is 13.1 Å². The van der Waals surface area contributed by atoms with Crippen molar-refractivity contribution in [3.8, 4) is 0 Å². The lowest BCUT2D eigenvalue weighted by Crippen LogP contribution is -2.29. The lowest BCUT2D eigenvalue weighted by atomic mass is 10.2. The van der Waals surface area contributed by atoms with Crippen molar-refractivity contribution in [2.45, 2.75) is 6.92 Å². The van der Waals surface area contributed by atoms with E-state index in [-0.39, 0.29) is 0 Å². The highest BCUT2D eigenvalue weighted by molar-refractivity contribution is 7.90. The SMILES string of the molecule is CCNS(=O)(=O)CC(=O)c1ccccc1. The molecule has 0 aliphatic rings. The summed E-state index contributed by atoms with van der Waals surface area (Å²) in [4.78, 5) is 11.5. The fourth-order valence-corrected chi connectivity index (χ4v) is 2.20. The van der Waals surface area contributed by atoms with Gasteiger partial charge in [0, 0.05) is 12.1 Å². The van der Waals surface area contributed by atoms with E-state index in [1.54, 1.807) is 37.3 Å². The average Bonchev–Trinajstić information content (AvgIpc) is 2.18. The molecule has 0 aromatic heterocycles. The Labute approximate surface area is 89.4 Å². The Bertz CT molecular complexity index is 425. The molecule has 0 bridgehead atoms. The monoisotopic (exact) mass is 227 g/mol. The number of sulfonamides is 1. The summed E-state index contributed by atoms with van der Waals surface area (Å²) in [6.07, 6.45) is 0. The fraction of sp³-hybridized carbons (Fsp3) is 0.300. The zero-order valence-electron chi connectivity index (χ0n) is 8.43. The lowest BCUT2D eigenvalue weighted by Gasteiger charge is -2.03. The molecule has 0 amide bonds. The van der Waals surface area contributed by atoms with Crippen LogP contribution < -0.4 is 4.72 Å². The first-order chi connectivity index (χ1) is 7.05. The van der Waals surface area contributed by atoms with E-state index >= 15 is 0 Å². The van der Waals surface area contributed by atoms with Gasteiger partial charge in [0.05, 0.1) is 0 Å². The molecule has 0 saturated heterocycles. The van der Waals surface area contributed by atoms with Crippen molar-refractivity contribution in [2.24, 2.45) is 0 Å². The van der Waals surface area contributed by atoms with Crippen LogP contribution in [-0.4, -0.2) is 26.5 Å². The molecular weight excluding hydrogens is 214 g/mol. The summed E-state index contributed by atoms with van der Waals surface area (Å²) in [5.74, 6) is -0.887. The Morgan fingerprint density at radius 3 is 2.40 bits per heavy atom. The lowest BCUT2D eigenvalue weighted by molar-refractivity contribution is 0.102. The maximum absolute atomic E-state index is 11.5. The second-order valence-corrected chi connectivity index (χ2v) is 4.85. The largest absolute Gasteiger partial charge is 0.293 e. The van der Waals surface area contributed by atoms with E-state index in [2.05, 4.69) is 4.72 Å². The average molecular weight is 227 g/mol. The molecule has 0 aliphatic carbocycles. The summed E-state index contributed by atoms with van der Waals surface area (Å²) in [6.45, 7) is 1.97. The number of benzene rings is 1. The molecule has 82 valence electrons. The predicted octanol–water partition coefficient (Wildman–Crippen LogP) is 0.809. The molecule has 0 heterocycles. The molecule has 15 heavy (non-hydrogen) atoms. The van der Waals surface area contributed by atoms with E-state index < -0.39 is 21.6 Å². The van der Waals surface area contributed by atoms with Gasteiger partial charge in [0.15, 0.2) is 5.78 Å². The Hall–Kier alpha value is -1.20. The normalized spacial score (nSPS) is 11.3. The standard InChI is InChI=1S/C10H13NO3S/c1-2-11-15(13,14)8-10(12)9-6-4-3-5-7-9/h3-7,11H,2,8H2,1H3. The first-order valence-corrected chi connectivity index (χ1v) is 6.26. The number of rotatable bonds is 5. The number of ketones is 1.